The number of benzene rings is 2. The number of aryl methyl sites for hydroxylation is 3. The van der Waals surface area contributed by atoms with Crippen LogP contribution in [0.2, 0.25) is 0 Å². The lowest BCUT2D eigenvalue weighted by atomic mass is 10.0. The molecule has 0 bridgehead atoms. The van der Waals surface area contributed by atoms with E-state index < -0.39 is 17.6 Å². The Balaban J connectivity index is 2.30. The molecular formula is C20H21F3N2O2. The van der Waals surface area contributed by atoms with Crippen LogP contribution in [0.1, 0.15) is 29.2 Å². The Bertz CT molecular complexity index is 853. The van der Waals surface area contributed by atoms with Crippen LogP contribution in [-0.2, 0) is 15.8 Å². The molecule has 7 heteroatoms. The highest BCUT2D eigenvalue weighted by atomic mass is 19.4. The minimum Gasteiger partial charge on any atom is -0.324 e. The summed E-state index contributed by atoms with van der Waals surface area (Å²) < 4.78 is 39.2. The van der Waals surface area contributed by atoms with Gasteiger partial charge in [-0.1, -0.05) is 29.8 Å². The first kappa shape index (κ1) is 20.5. The predicted octanol–water partition coefficient (Wildman–Crippen LogP) is 4.62. The highest BCUT2D eigenvalue weighted by Gasteiger charge is 2.33. The third-order valence-electron chi connectivity index (χ3n) is 4.09. The van der Waals surface area contributed by atoms with Crippen molar-refractivity contribution in [3.8, 4) is 0 Å². The quantitative estimate of drug-likeness (QED) is 0.844. The molecule has 0 fully saturated rings. The number of carbonyl (C=O) groups is 2. The normalized spacial score (nSPS) is 11.2. The van der Waals surface area contributed by atoms with E-state index in [4.69, 9.17) is 0 Å². The molecule has 2 amide bonds. The van der Waals surface area contributed by atoms with Crippen LogP contribution in [0.15, 0.2) is 36.4 Å². The topological polar surface area (TPSA) is 49.4 Å². The number of hydrogen-bond donors (Lipinski definition) is 1. The Kier molecular flexibility index (Phi) is 5.93. The molecule has 2 aromatic rings. The maximum absolute atomic E-state index is 13.1. The number of alkyl halides is 3. The fraction of sp³-hybridized carbons (Fsp3) is 0.300. The molecule has 0 unspecified atom stereocenters. The van der Waals surface area contributed by atoms with E-state index in [0.29, 0.717) is 5.69 Å². The molecule has 1 N–H and O–H groups in total. The standard InChI is InChI=1S/C20H21F3N2O2/c1-12-9-13(2)19(14(3)10-12)25(15(4)26)11-18(27)24-17-8-6-5-7-16(17)20(21,22)23/h5-10H,11H2,1-4H3,(H,24,27). The molecule has 2 rings (SSSR count). The first-order valence-corrected chi connectivity index (χ1v) is 8.32. The van der Waals surface area contributed by atoms with Gasteiger partial charge in [0.1, 0.15) is 6.54 Å². The van der Waals surface area contributed by atoms with Crippen LogP contribution in [0.25, 0.3) is 0 Å². The zero-order chi connectivity index (χ0) is 20.4. The molecular weight excluding hydrogens is 357 g/mol. The van der Waals surface area contributed by atoms with Crippen molar-refractivity contribution in [3.63, 3.8) is 0 Å². The van der Waals surface area contributed by atoms with Gasteiger partial charge < -0.3 is 10.2 Å². The lowest BCUT2D eigenvalue weighted by Gasteiger charge is -2.25. The van der Waals surface area contributed by atoms with Crippen molar-refractivity contribution in [2.24, 2.45) is 0 Å². The van der Waals surface area contributed by atoms with E-state index in [1.807, 2.05) is 32.9 Å². The summed E-state index contributed by atoms with van der Waals surface area (Å²) in [5.74, 6) is -1.08. The zero-order valence-corrected chi connectivity index (χ0v) is 15.6. The summed E-state index contributed by atoms with van der Waals surface area (Å²) in [6.07, 6.45) is -4.59. The molecule has 0 aliphatic rings. The number of rotatable bonds is 4. The molecule has 144 valence electrons. The van der Waals surface area contributed by atoms with Gasteiger partial charge in [0.25, 0.3) is 0 Å². The average molecular weight is 378 g/mol. The molecule has 0 atom stereocenters. The predicted molar refractivity (Wildman–Crippen MR) is 98.8 cm³/mol. The van der Waals surface area contributed by atoms with Crippen LogP contribution in [0.4, 0.5) is 24.5 Å². The van der Waals surface area contributed by atoms with E-state index in [2.05, 4.69) is 5.32 Å². The molecule has 0 aromatic heterocycles. The summed E-state index contributed by atoms with van der Waals surface area (Å²) in [6, 6.07) is 8.50. The van der Waals surface area contributed by atoms with Crippen molar-refractivity contribution in [2.75, 3.05) is 16.8 Å². The van der Waals surface area contributed by atoms with E-state index in [-0.39, 0.29) is 18.1 Å². The number of anilines is 2. The summed E-state index contributed by atoms with van der Waals surface area (Å²) in [4.78, 5) is 25.8. The molecule has 0 saturated carbocycles. The van der Waals surface area contributed by atoms with E-state index in [0.717, 1.165) is 22.8 Å². The number of halogens is 3. The van der Waals surface area contributed by atoms with Crippen LogP contribution in [0, 0.1) is 20.8 Å². The van der Waals surface area contributed by atoms with Gasteiger partial charge in [-0.3, -0.25) is 9.59 Å². The van der Waals surface area contributed by atoms with Gasteiger partial charge >= 0.3 is 6.18 Å². The molecule has 2 aromatic carbocycles. The van der Waals surface area contributed by atoms with Gasteiger partial charge in [0.15, 0.2) is 0 Å². The average Bonchev–Trinajstić information content (AvgIpc) is 2.52. The van der Waals surface area contributed by atoms with Crippen LogP contribution in [0.3, 0.4) is 0 Å². The summed E-state index contributed by atoms with van der Waals surface area (Å²) in [6.45, 7) is 6.49. The van der Waals surface area contributed by atoms with Crippen LogP contribution in [0.5, 0.6) is 0 Å². The second kappa shape index (κ2) is 7.82. The Morgan fingerprint density at radius 2 is 1.59 bits per heavy atom. The van der Waals surface area contributed by atoms with E-state index in [1.54, 1.807) is 0 Å². The molecule has 0 saturated heterocycles. The second-order valence-corrected chi connectivity index (χ2v) is 6.44. The third-order valence-corrected chi connectivity index (χ3v) is 4.09. The van der Waals surface area contributed by atoms with Crippen molar-refractivity contribution < 1.29 is 22.8 Å². The van der Waals surface area contributed by atoms with Gasteiger partial charge in [-0.05, 0) is 44.0 Å². The number of nitrogens with one attached hydrogen (secondary N) is 1. The molecule has 0 radical (unpaired) electrons. The smallest absolute Gasteiger partial charge is 0.324 e. The fourth-order valence-corrected chi connectivity index (χ4v) is 3.12. The lowest BCUT2D eigenvalue weighted by Crippen LogP contribution is -2.37. The van der Waals surface area contributed by atoms with E-state index in [9.17, 15) is 22.8 Å². The van der Waals surface area contributed by atoms with E-state index in [1.165, 1.54) is 30.0 Å². The third kappa shape index (κ3) is 4.87. The number of carbonyl (C=O) groups excluding carboxylic acids is 2. The van der Waals surface area contributed by atoms with Gasteiger partial charge in [0.05, 0.1) is 16.9 Å². The van der Waals surface area contributed by atoms with E-state index >= 15 is 0 Å². The van der Waals surface area contributed by atoms with Crippen molar-refractivity contribution in [2.45, 2.75) is 33.9 Å². The van der Waals surface area contributed by atoms with Gasteiger partial charge in [0, 0.05) is 6.92 Å². The molecule has 0 heterocycles. The van der Waals surface area contributed by atoms with Gasteiger partial charge in [-0.25, -0.2) is 0 Å². The lowest BCUT2D eigenvalue weighted by molar-refractivity contribution is -0.137. The highest BCUT2D eigenvalue weighted by molar-refractivity contribution is 6.03. The Morgan fingerprint density at radius 3 is 2.11 bits per heavy atom. The molecule has 0 spiro atoms. The van der Waals surface area contributed by atoms with Gasteiger partial charge in [-0.15, -0.1) is 0 Å². The number of nitrogens with zero attached hydrogens (tertiary/aromatic N) is 1. The number of para-hydroxylation sites is 1. The molecule has 4 nitrogen and oxygen atoms in total. The SMILES string of the molecule is CC(=O)N(CC(=O)Nc1ccccc1C(F)(F)F)c1c(C)cc(C)cc1C. The molecule has 0 aliphatic heterocycles. The van der Waals surface area contributed by atoms with Crippen molar-refractivity contribution in [3.05, 3.63) is 58.7 Å². The van der Waals surface area contributed by atoms with Crippen LogP contribution >= 0.6 is 0 Å². The first-order chi connectivity index (χ1) is 12.5. The number of hydrogen-bond acceptors (Lipinski definition) is 2. The second-order valence-electron chi connectivity index (χ2n) is 6.44. The minimum absolute atomic E-state index is 0.337. The van der Waals surface area contributed by atoms with Crippen molar-refractivity contribution in [1.82, 2.24) is 0 Å². The Labute approximate surface area is 156 Å². The maximum atomic E-state index is 13.1. The van der Waals surface area contributed by atoms with Crippen molar-refractivity contribution in [1.29, 1.82) is 0 Å². The summed E-state index contributed by atoms with van der Waals surface area (Å²) in [7, 11) is 0. The maximum Gasteiger partial charge on any atom is 0.418 e. The zero-order valence-electron chi connectivity index (χ0n) is 15.6. The van der Waals surface area contributed by atoms with Gasteiger partial charge in [0.2, 0.25) is 11.8 Å². The summed E-state index contributed by atoms with van der Waals surface area (Å²) in [5.41, 5.74) is 1.96. The van der Waals surface area contributed by atoms with Crippen molar-refractivity contribution >= 4 is 23.2 Å². The van der Waals surface area contributed by atoms with Gasteiger partial charge in [-0.2, -0.15) is 13.2 Å². The number of amides is 2. The first-order valence-electron chi connectivity index (χ1n) is 8.32. The fourth-order valence-electron chi connectivity index (χ4n) is 3.12. The molecule has 0 aliphatic carbocycles. The van der Waals surface area contributed by atoms with Crippen LogP contribution in [-0.4, -0.2) is 18.4 Å². The summed E-state index contributed by atoms with van der Waals surface area (Å²) in [5, 5.41) is 2.27. The highest BCUT2D eigenvalue weighted by Crippen LogP contribution is 2.34. The Hall–Kier alpha value is -2.83. The Morgan fingerprint density at radius 1 is 1.04 bits per heavy atom. The largest absolute Gasteiger partial charge is 0.418 e. The molecule has 27 heavy (non-hydrogen) atoms. The monoisotopic (exact) mass is 378 g/mol. The minimum atomic E-state index is -4.59. The van der Waals surface area contributed by atoms with Crippen LogP contribution < -0.4 is 10.2 Å². The summed E-state index contributed by atoms with van der Waals surface area (Å²) >= 11 is 0.